The van der Waals surface area contributed by atoms with E-state index in [0.717, 1.165) is 12.8 Å². The summed E-state index contributed by atoms with van der Waals surface area (Å²) in [6.07, 6.45) is 8.33. The molecule has 0 saturated heterocycles. The molecule has 1 rings (SSSR count). The molecule has 1 saturated carbocycles. The summed E-state index contributed by atoms with van der Waals surface area (Å²) in [6.45, 7) is 1.06. The Morgan fingerprint density at radius 2 is 1.83 bits per heavy atom. The number of carbonyl (C=O) groups is 1. The van der Waals surface area contributed by atoms with Gasteiger partial charge in [0.05, 0.1) is 12.0 Å². The van der Waals surface area contributed by atoms with Crippen molar-refractivity contribution in [2.75, 3.05) is 27.3 Å². The van der Waals surface area contributed by atoms with Crippen molar-refractivity contribution in [1.29, 1.82) is 0 Å². The lowest BCUT2D eigenvalue weighted by Gasteiger charge is -2.26. The molecule has 4 heteroatoms. The molecular weight excluding hydrogens is 250 g/mol. The van der Waals surface area contributed by atoms with Crippen LogP contribution in [0.4, 0.5) is 0 Å². The summed E-state index contributed by atoms with van der Waals surface area (Å²) in [5, 5.41) is -0.113. The van der Waals surface area contributed by atoms with Crippen molar-refractivity contribution < 1.29 is 9.53 Å². The first-order valence-corrected chi connectivity index (χ1v) is 7.46. The van der Waals surface area contributed by atoms with Crippen molar-refractivity contribution >= 4 is 17.5 Å². The molecule has 106 valence electrons. The second-order valence-corrected chi connectivity index (χ2v) is 5.93. The van der Waals surface area contributed by atoms with Crippen molar-refractivity contribution in [3.05, 3.63) is 0 Å². The third-order valence-electron chi connectivity index (χ3n) is 3.65. The van der Waals surface area contributed by atoms with E-state index in [4.69, 9.17) is 16.3 Å². The number of hydrogen-bond donors (Lipinski definition) is 0. The highest BCUT2D eigenvalue weighted by atomic mass is 35.5. The van der Waals surface area contributed by atoms with E-state index in [1.54, 1.807) is 12.0 Å². The lowest BCUT2D eigenvalue weighted by atomic mass is 9.90. The predicted molar refractivity (Wildman–Crippen MR) is 75.0 cm³/mol. The summed E-state index contributed by atoms with van der Waals surface area (Å²) < 4.78 is 5.00. The Hall–Kier alpha value is -0.280. The third kappa shape index (κ3) is 5.57. The average molecular weight is 276 g/mol. The summed E-state index contributed by atoms with van der Waals surface area (Å²) in [4.78, 5) is 14.1. The first kappa shape index (κ1) is 15.8. The number of amides is 1. The smallest absolute Gasteiger partial charge is 0.225 e. The second kappa shape index (κ2) is 8.76. The highest BCUT2D eigenvalue weighted by Crippen LogP contribution is 2.23. The van der Waals surface area contributed by atoms with E-state index in [-0.39, 0.29) is 17.2 Å². The standard InChI is InChI=1S/C14H26ClNO2/c1-16(10-13(15)11-18-2)14(17)12-8-6-4-3-5-7-9-12/h12-13H,3-11H2,1-2H3. The molecule has 0 aliphatic heterocycles. The van der Waals surface area contributed by atoms with Gasteiger partial charge in [-0.15, -0.1) is 11.6 Å². The third-order valence-corrected chi connectivity index (χ3v) is 3.91. The molecule has 0 radical (unpaired) electrons. The summed E-state index contributed by atoms with van der Waals surface area (Å²) in [6, 6.07) is 0. The summed E-state index contributed by atoms with van der Waals surface area (Å²) in [5.41, 5.74) is 0. The van der Waals surface area contributed by atoms with E-state index in [1.807, 2.05) is 7.05 Å². The first-order chi connectivity index (χ1) is 8.65. The lowest BCUT2D eigenvalue weighted by Crippen LogP contribution is -2.38. The molecule has 1 aliphatic carbocycles. The minimum absolute atomic E-state index is 0.113. The minimum Gasteiger partial charge on any atom is -0.383 e. The van der Waals surface area contributed by atoms with Crippen molar-refractivity contribution in [3.8, 4) is 0 Å². The summed E-state index contributed by atoms with van der Waals surface area (Å²) in [7, 11) is 3.48. The normalized spacial score (nSPS) is 19.9. The van der Waals surface area contributed by atoms with Crippen LogP contribution in [0.3, 0.4) is 0 Å². The maximum atomic E-state index is 12.3. The Bertz CT molecular complexity index is 240. The van der Waals surface area contributed by atoms with Gasteiger partial charge in [0.15, 0.2) is 0 Å². The average Bonchev–Trinajstić information content (AvgIpc) is 2.27. The largest absolute Gasteiger partial charge is 0.383 e. The number of alkyl halides is 1. The number of carbonyl (C=O) groups excluding carboxylic acids is 1. The number of halogens is 1. The molecule has 1 atom stereocenters. The van der Waals surface area contributed by atoms with Crippen LogP contribution in [0.5, 0.6) is 0 Å². The molecule has 0 aromatic heterocycles. The van der Waals surface area contributed by atoms with E-state index >= 15 is 0 Å². The van der Waals surface area contributed by atoms with Gasteiger partial charge in [0.2, 0.25) is 5.91 Å². The van der Waals surface area contributed by atoms with Gasteiger partial charge in [-0.1, -0.05) is 32.1 Å². The van der Waals surface area contributed by atoms with Crippen LogP contribution in [0, 0.1) is 5.92 Å². The van der Waals surface area contributed by atoms with Crippen LogP contribution in [0.2, 0.25) is 0 Å². The molecule has 0 aromatic rings. The van der Waals surface area contributed by atoms with Crippen molar-refractivity contribution in [2.24, 2.45) is 5.92 Å². The predicted octanol–water partition coefficient (Wildman–Crippen LogP) is 3.06. The van der Waals surface area contributed by atoms with Gasteiger partial charge in [0.1, 0.15) is 0 Å². The molecule has 0 spiro atoms. The van der Waals surface area contributed by atoms with E-state index < -0.39 is 0 Å². The fourth-order valence-corrected chi connectivity index (χ4v) is 2.97. The monoisotopic (exact) mass is 275 g/mol. The number of hydrogen-bond acceptors (Lipinski definition) is 2. The van der Waals surface area contributed by atoms with E-state index in [2.05, 4.69) is 0 Å². The van der Waals surface area contributed by atoms with Gasteiger partial charge < -0.3 is 9.64 Å². The van der Waals surface area contributed by atoms with Gasteiger partial charge in [0.25, 0.3) is 0 Å². The SMILES string of the molecule is COCC(Cl)CN(C)C(=O)C1CCCCCCC1. The molecule has 1 aliphatic rings. The topological polar surface area (TPSA) is 29.5 Å². The van der Waals surface area contributed by atoms with Gasteiger partial charge in [-0.05, 0) is 12.8 Å². The van der Waals surface area contributed by atoms with Crippen LogP contribution in [0.1, 0.15) is 44.9 Å². The molecule has 0 N–H and O–H groups in total. The number of methoxy groups -OCH3 is 1. The van der Waals surface area contributed by atoms with Gasteiger partial charge >= 0.3 is 0 Å². The molecule has 0 bridgehead atoms. The molecule has 0 aromatic carbocycles. The maximum Gasteiger partial charge on any atom is 0.225 e. The Balaban J connectivity index is 2.40. The van der Waals surface area contributed by atoms with Gasteiger partial charge in [-0.3, -0.25) is 4.79 Å². The molecule has 0 heterocycles. The zero-order valence-corrected chi connectivity index (χ0v) is 12.4. The molecular formula is C14H26ClNO2. The molecule has 18 heavy (non-hydrogen) atoms. The molecule has 1 unspecified atom stereocenters. The quantitative estimate of drug-likeness (QED) is 0.722. The fourth-order valence-electron chi connectivity index (χ4n) is 2.64. The van der Waals surface area contributed by atoms with E-state index in [9.17, 15) is 4.79 Å². The number of nitrogens with zero attached hydrogens (tertiary/aromatic N) is 1. The Morgan fingerprint density at radius 3 is 2.39 bits per heavy atom. The van der Waals surface area contributed by atoms with Crippen LogP contribution in [-0.2, 0) is 9.53 Å². The highest BCUT2D eigenvalue weighted by Gasteiger charge is 2.23. The van der Waals surface area contributed by atoms with Gasteiger partial charge in [-0.25, -0.2) is 0 Å². The summed E-state index contributed by atoms with van der Waals surface area (Å²) >= 11 is 6.10. The van der Waals surface area contributed by atoms with Crippen LogP contribution >= 0.6 is 11.6 Å². The molecule has 3 nitrogen and oxygen atoms in total. The van der Waals surface area contributed by atoms with Crippen LogP contribution in [-0.4, -0.2) is 43.5 Å². The van der Waals surface area contributed by atoms with Crippen LogP contribution in [0.25, 0.3) is 0 Å². The van der Waals surface area contributed by atoms with E-state index in [0.29, 0.717) is 13.2 Å². The highest BCUT2D eigenvalue weighted by molar-refractivity contribution is 6.21. The zero-order chi connectivity index (χ0) is 13.4. The fraction of sp³-hybridized carbons (Fsp3) is 0.929. The Labute approximate surface area is 116 Å². The van der Waals surface area contributed by atoms with Crippen molar-refractivity contribution in [2.45, 2.75) is 50.3 Å². The Morgan fingerprint density at radius 1 is 1.28 bits per heavy atom. The second-order valence-electron chi connectivity index (χ2n) is 5.31. The zero-order valence-electron chi connectivity index (χ0n) is 11.7. The van der Waals surface area contributed by atoms with Gasteiger partial charge in [0, 0.05) is 26.6 Å². The van der Waals surface area contributed by atoms with E-state index in [1.165, 1.54) is 32.1 Å². The van der Waals surface area contributed by atoms with Crippen molar-refractivity contribution in [1.82, 2.24) is 4.90 Å². The van der Waals surface area contributed by atoms with Gasteiger partial charge in [-0.2, -0.15) is 0 Å². The first-order valence-electron chi connectivity index (χ1n) is 7.03. The minimum atomic E-state index is -0.113. The summed E-state index contributed by atoms with van der Waals surface area (Å²) in [5.74, 6) is 0.473. The molecule has 1 amide bonds. The lowest BCUT2D eigenvalue weighted by molar-refractivity contribution is -0.135. The number of rotatable bonds is 5. The van der Waals surface area contributed by atoms with Crippen LogP contribution < -0.4 is 0 Å². The van der Waals surface area contributed by atoms with Crippen LogP contribution in [0.15, 0.2) is 0 Å². The number of ether oxygens (including phenoxy) is 1. The Kier molecular flexibility index (Phi) is 7.68. The maximum absolute atomic E-state index is 12.3. The molecule has 1 fully saturated rings. The van der Waals surface area contributed by atoms with Crippen molar-refractivity contribution in [3.63, 3.8) is 0 Å².